The van der Waals surface area contributed by atoms with Gasteiger partial charge >= 0.3 is 0 Å². The Morgan fingerprint density at radius 3 is 2.70 bits per heavy atom. The SMILES string of the molecule is Nc1ccc(CC(=O)N2CCN3[C@@H](COC[C@@H]3C3CC3)C2)cc1. The lowest BCUT2D eigenvalue weighted by atomic mass is 10.0. The predicted molar refractivity (Wildman–Crippen MR) is 89.0 cm³/mol. The summed E-state index contributed by atoms with van der Waals surface area (Å²) in [6, 6.07) is 8.56. The first-order chi connectivity index (χ1) is 11.2. The van der Waals surface area contributed by atoms with E-state index < -0.39 is 0 Å². The summed E-state index contributed by atoms with van der Waals surface area (Å²) in [6.45, 7) is 4.27. The van der Waals surface area contributed by atoms with Gasteiger partial charge < -0.3 is 15.4 Å². The Morgan fingerprint density at radius 1 is 1.17 bits per heavy atom. The molecule has 2 saturated heterocycles. The Balaban J connectivity index is 1.37. The standard InChI is InChI=1S/C18H25N3O2/c19-15-5-1-13(2-6-15)9-18(22)20-7-8-21-16(10-20)11-23-12-17(21)14-3-4-14/h1-2,5-6,14,16-17H,3-4,7-12,19H2/t16-,17-/m1/s1. The van der Waals surface area contributed by atoms with Gasteiger partial charge in [-0.2, -0.15) is 0 Å². The molecule has 2 N–H and O–H groups in total. The normalized spacial score (nSPS) is 28.4. The van der Waals surface area contributed by atoms with Crippen LogP contribution in [0, 0.1) is 5.92 Å². The zero-order valence-electron chi connectivity index (χ0n) is 13.5. The first-order valence-electron chi connectivity index (χ1n) is 8.66. The minimum Gasteiger partial charge on any atom is -0.399 e. The van der Waals surface area contributed by atoms with Crippen molar-refractivity contribution in [2.24, 2.45) is 5.92 Å². The van der Waals surface area contributed by atoms with Crippen molar-refractivity contribution >= 4 is 11.6 Å². The number of hydrogen-bond acceptors (Lipinski definition) is 4. The maximum Gasteiger partial charge on any atom is 0.227 e. The molecule has 124 valence electrons. The van der Waals surface area contributed by atoms with Crippen LogP contribution in [0.1, 0.15) is 18.4 Å². The summed E-state index contributed by atoms with van der Waals surface area (Å²) in [6.07, 6.45) is 3.15. The van der Waals surface area contributed by atoms with E-state index in [1.54, 1.807) is 0 Å². The maximum absolute atomic E-state index is 12.6. The second-order valence-electron chi connectivity index (χ2n) is 7.09. The van der Waals surface area contributed by atoms with E-state index >= 15 is 0 Å². The van der Waals surface area contributed by atoms with E-state index in [0.29, 0.717) is 18.5 Å². The van der Waals surface area contributed by atoms with E-state index in [9.17, 15) is 4.79 Å². The van der Waals surface area contributed by atoms with Crippen LogP contribution in [0.5, 0.6) is 0 Å². The Morgan fingerprint density at radius 2 is 1.96 bits per heavy atom. The number of piperazine rings is 1. The molecular weight excluding hydrogens is 290 g/mol. The van der Waals surface area contributed by atoms with Crippen molar-refractivity contribution < 1.29 is 9.53 Å². The number of rotatable bonds is 3. The third-order valence-corrected chi connectivity index (χ3v) is 5.41. The summed E-state index contributed by atoms with van der Waals surface area (Å²) in [4.78, 5) is 17.2. The predicted octanol–water partition coefficient (Wildman–Crippen LogP) is 1.13. The van der Waals surface area contributed by atoms with Crippen molar-refractivity contribution in [1.29, 1.82) is 0 Å². The van der Waals surface area contributed by atoms with Gasteiger partial charge in [-0.05, 0) is 36.5 Å². The van der Waals surface area contributed by atoms with Crippen LogP contribution in [0.2, 0.25) is 0 Å². The monoisotopic (exact) mass is 315 g/mol. The van der Waals surface area contributed by atoms with Crippen LogP contribution < -0.4 is 5.73 Å². The molecule has 3 aliphatic rings. The van der Waals surface area contributed by atoms with Crippen molar-refractivity contribution in [3.8, 4) is 0 Å². The molecule has 0 radical (unpaired) electrons. The zero-order chi connectivity index (χ0) is 15.8. The molecule has 0 unspecified atom stereocenters. The zero-order valence-corrected chi connectivity index (χ0v) is 13.5. The number of carbonyl (C=O) groups excluding carboxylic acids is 1. The number of carbonyl (C=O) groups is 1. The highest BCUT2D eigenvalue weighted by Crippen LogP contribution is 2.38. The lowest BCUT2D eigenvalue weighted by molar-refractivity contribution is -0.139. The number of morpholine rings is 1. The number of hydrogen-bond donors (Lipinski definition) is 1. The summed E-state index contributed by atoms with van der Waals surface area (Å²) in [5, 5.41) is 0. The summed E-state index contributed by atoms with van der Waals surface area (Å²) in [5.74, 6) is 1.04. The van der Waals surface area contributed by atoms with Crippen LogP contribution in [0.3, 0.4) is 0 Å². The third kappa shape index (κ3) is 3.21. The number of amides is 1. The average molecular weight is 315 g/mol. The number of nitrogens with zero attached hydrogens (tertiary/aromatic N) is 2. The molecule has 0 aromatic heterocycles. The van der Waals surface area contributed by atoms with Crippen molar-refractivity contribution in [2.75, 3.05) is 38.6 Å². The number of anilines is 1. The van der Waals surface area contributed by atoms with Crippen molar-refractivity contribution in [3.63, 3.8) is 0 Å². The topological polar surface area (TPSA) is 58.8 Å². The second-order valence-corrected chi connectivity index (χ2v) is 7.09. The fraction of sp³-hybridized carbons (Fsp3) is 0.611. The van der Waals surface area contributed by atoms with Gasteiger partial charge in [0.05, 0.1) is 25.7 Å². The van der Waals surface area contributed by atoms with Crippen molar-refractivity contribution in [2.45, 2.75) is 31.3 Å². The highest BCUT2D eigenvalue weighted by molar-refractivity contribution is 5.79. The Labute approximate surface area is 137 Å². The first-order valence-corrected chi connectivity index (χ1v) is 8.66. The number of ether oxygens (including phenoxy) is 1. The summed E-state index contributed by atoms with van der Waals surface area (Å²) < 4.78 is 5.82. The Bertz CT molecular complexity index is 570. The first kappa shape index (κ1) is 15.0. The minimum atomic E-state index is 0.211. The fourth-order valence-electron chi connectivity index (χ4n) is 3.91. The van der Waals surface area contributed by atoms with Crippen LogP contribution in [0.4, 0.5) is 5.69 Å². The largest absolute Gasteiger partial charge is 0.399 e. The smallest absolute Gasteiger partial charge is 0.227 e. The molecule has 23 heavy (non-hydrogen) atoms. The van der Waals surface area contributed by atoms with Crippen LogP contribution in [0.25, 0.3) is 0 Å². The van der Waals surface area contributed by atoms with E-state index in [2.05, 4.69) is 4.90 Å². The lowest BCUT2D eigenvalue weighted by Crippen LogP contribution is -2.63. The van der Waals surface area contributed by atoms with E-state index in [-0.39, 0.29) is 5.91 Å². The third-order valence-electron chi connectivity index (χ3n) is 5.41. The Kier molecular flexibility index (Phi) is 3.99. The van der Waals surface area contributed by atoms with Gasteiger partial charge in [-0.3, -0.25) is 9.69 Å². The molecule has 5 nitrogen and oxygen atoms in total. The number of nitrogen functional groups attached to an aromatic ring is 1. The quantitative estimate of drug-likeness (QED) is 0.850. The number of benzene rings is 1. The van der Waals surface area contributed by atoms with Crippen LogP contribution in [-0.4, -0.2) is 60.6 Å². The van der Waals surface area contributed by atoms with E-state index in [1.165, 1.54) is 12.8 Å². The van der Waals surface area contributed by atoms with Crippen LogP contribution >= 0.6 is 0 Å². The summed E-state index contributed by atoms with van der Waals surface area (Å²) in [5.41, 5.74) is 7.47. The molecule has 2 aliphatic heterocycles. The number of nitrogens with two attached hydrogens (primary N) is 1. The lowest BCUT2D eigenvalue weighted by Gasteiger charge is -2.48. The summed E-state index contributed by atoms with van der Waals surface area (Å²) in [7, 11) is 0. The van der Waals surface area contributed by atoms with Gasteiger partial charge in [0.1, 0.15) is 0 Å². The van der Waals surface area contributed by atoms with Crippen molar-refractivity contribution in [3.05, 3.63) is 29.8 Å². The molecule has 0 spiro atoms. The molecule has 1 aliphatic carbocycles. The van der Waals surface area contributed by atoms with Crippen molar-refractivity contribution in [1.82, 2.24) is 9.80 Å². The molecule has 2 atom stereocenters. The van der Waals surface area contributed by atoms with Crippen LogP contribution in [0.15, 0.2) is 24.3 Å². The van der Waals surface area contributed by atoms with Gasteiger partial charge in [-0.1, -0.05) is 12.1 Å². The molecule has 4 rings (SSSR count). The van der Waals surface area contributed by atoms with Gasteiger partial charge in [0.15, 0.2) is 0 Å². The fourth-order valence-corrected chi connectivity index (χ4v) is 3.91. The Hall–Kier alpha value is -1.59. The summed E-state index contributed by atoms with van der Waals surface area (Å²) >= 11 is 0. The highest BCUT2D eigenvalue weighted by atomic mass is 16.5. The van der Waals surface area contributed by atoms with Gasteiger partial charge in [0.2, 0.25) is 5.91 Å². The molecular formula is C18H25N3O2. The molecule has 1 aromatic carbocycles. The molecule has 1 saturated carbocycles. The van der Waals surface area contributed by atoms with E-state index in [0.717, 1.165) is 50.0 Å². The molecule has 1 aromatic rings. The van der Waals surface area contributed by atoms with Gasteiger partial charge in [0.25, 0.3) is 0 Å². The molecule has 2 heterocycles. The minimum absolute atomic E-state index is 0.211. The van der Waals surface area contributed by atoms with Gasteiger partial charge in [-0.25, -0.2) is 0 Å². The highest BCUT2D eigenvalue weighted by Gasteiger charge is 2.43. The molecule has 0 bridgehead atoms. The van der Waals surface area contributed by atoms with Gasteiger partial charge in [0, 0.05) is 31.4 Å². The average Bonchev–Trinajstić information content (AvgIpc) is 3.41. The maximum atomic E-state index is 12.6. The van der Waals surface area contributed by atoms with Crippen LogP contribution in [-0.2, 0) is 16.0 Å². The molecule has 1 amide bonds. The number of fused-ring (bicyclic) bond motifs is 1. The van der Waals surface area contributed by atoms with E-state index in [4.69, 9.17) is 10.5 Å². The van der Waals surface area contributed by atoms with Gasteiger partial charge in [-0.15, -0.1) is 0 Å². The molecule has 5 heteroatoms. The van der Waals surface area contributed by atoms with E-state index in [1.807, 2.05) is 29.2 Å². The molecule has 3 fully saturated rings. The second kappa shape index (κ2) is 6.13.